The number of hydrogen-bond acceptors (Lipinski definition) is 7. The van der Waals surface area contributed by atoms with Crippen LogP contribution >= 0.6 is 0 Å². The minimum Gasteiger partial charge on any atom is -0.497 e. The maximum Gasteiger partial charge on any atom is 0.407 e. The van der Waals surface area contributed by atoms with Gasteiger partial charge in [-0.25, -0.2) is 4.79 Å². The zero-order valence-corrected chi connectivity index (χ0v) is 16.4. The Labute approximate surface area is 159 Å². The highest BCUT2D eigenvalue weighted by Gasteiger charge is 2.17. The van der Waals surface area contributed by atoms with E-state index in [9.17, 15) is 14.4 Å². The number of methoxy groups -OCH3 is 2. The van der Waals surface area contributed by atoms with E-state index in [2.05, 4.69) is 5.32 Å². The molecule has 1 aromatic carbocycles. The van der Waals surface area contributed by atoms with Crippen LogP contribution in [-0.2, 0) is 14.3 Å². The number of benzene rings is 1. The molecular formula is C19H27NO7. The minimum absolute atomic E-state index is 0.0722. The van der Waals surface area contributed by atoms with E-state index in [0.717, 1.165) is 0 Å². The molecule has 0 unspecified atom stereocenters. The molecule has 1 amide bonds. The molecule has 1 aromatic rings. The largest absolute Gasteiger partial charge is 0.497 e. The van der Waals surface area contributed by atoms with Gasteiger partial charge in [-0.15, -0.1) is 0 Å². The summed E-state index contributed by atoms with van der Waals surface area (Å²) in [6.45, 7) is 5.17. The second kappa shape index (κ2) is 10.4. The molecule has 0 heterocycles. The summed E-state index contributed by atoms with van der Waals surface area (Å²) >= 11 is 0. The van der Waals surface area contributed by atoms with E-state index in [1.165, 1.54) is 14.2 Å². The first-order chi connectivity index (χ1) is 12.7. The van der Waals surface area contributed by atoms with Gasteiger partial charge in [-0.1, -0.05) is 0 Å². The van der Waals surface area contributed by atoms with E-state index < -0.39 is 17.7 Å². The molecule has 0 radical (unpaired) electrons. The number of esters is 1. The summed E-state index contributed by atoms with van der Waals surface area (Å²) < 4.78 is 20.3. The van der Waals surface area contributed by atoms with Gasteiger partial charge in [0, 0.05) is 19.0 Å². The number of carbonyl (C=O) groups excluding carboxylic acids is 3. The molecule has 8 nitrogen and oxygen atoms in total. The number of nitrogens with one attached hydrogen (secondary N) is 1. The molecule has 1 rings (SSSR count). The SMILES string of the molecule is COc1ccc(C(=O)COC(=O)CCCNC(=O)OC(C)(C)C)c(OC)c1. The number of carbonyl (C=O) groups is 3. The molecule has 1 N–H and O–H groups in total. The number of rotatable bonds is 9. The van der Waals surface area contributed by atoms with Gasteiger partial charge in [0.1, 0.15) is 17.1 Å². The summed E-state index contributed by atoms with van der Waals surface area (Å²) in [5.41, 5.74) is -0.274. The first-order valence-corrected chi connectivity index (χ1v) is 8.54. The van der Waals surface area contributed by atoms with Crippen molar-refractivity contribution in [1.82, 2.24) is 5.32 Å². The quantitative estimate of drug-likeness (QED) is 0.399. The van der Waals surface area contributed by atoms with Crippen molar-refractivity contribution in [2.75, 3.05) is 27.4 Å². The van der Waals surface area contributed by atoms with Crippen LogP contribution in [0.5, 0.6) is 11.5 Å². The van der Waals surface area contributed by atoms with Crippen LogP contribution in [0.4, 0.5) is 4.79 Å². The van der Waals surface area contributed by atoms with Gasteiger partial charge in [-0.2, -0.15) is 0 Å². The summed E-state index contributed by atoms with van der Waals surface area (Å²) in [4.78, 5) is 35.4. The topological polar surface area (TPSA) is 100 Å². The van der Waals surface area contributed by atoms with Crippen molar-refractivity contribution in [2.45, 2.75) is 39.2 Å². The summed E-state index contributed by atoms with van der Waals surface area (Å²) in [5, 5.41) is 2.55. The summed E-state index contributed by atoms with van der Waals surface area (Å²) in [5.74, 6) is -0.00797. The summed E-state index contributed by atoms with van der Waals surface area (Å²) in [6.07, 6.45) is -0.0985. The van der Waals surface area contributed by atoms with E-state index >= 15 is 0 Å². The van der Waals surface area contributed by atoms with Gasteiger partial charge in [0.15, 0.2) is 6.61 Å². The zero-order valence-electron chi connectivity index (χ0n) is 16.4. The number of Topliss-reactive ketones (excluding diaryl/α,β-unsaturated/α-hetero) is 1. The molecule has 0 saturated heterocycles. The normalized spacial score (nSPS) is 10.7. The Kier molecular flexibility index (Phi) is 8.58. The van der Waals surface area contributed by atoms with Gasteiger partial charge in [0.25, 0.3) is 0 Å². The number of amides is 1. The van der Waals surface area contributed by atoms with Crippen molar-refractivity contribution >= 4 is 17.8 Å². The Morgan fingerprint density at radius 1 is 1.07 bits per heavy atom. The number of alkyl carbamates (subject to hydrolysis) is 1. The fraction of sp³-hybridized carbons (Fsp3) is 0.526. The predicted molar refractivity (Wildman–Crippen MR) is 98.3 cm³/mol. The van der Waals surface area contributed by atoms with Crippen molar-refractivity contribution in [2.24, 2.45) is 0 Å². The van der Waals surface area contributed by atoms with Crippen LogP contribution in [0, 0.1) is 0 Å². The second-order valence-corrected chi connectivity index (χ2v) is 6.68. The zero-order chi connectivity index (χ0) is 20.4. The third kappa shape index (κ3) is 8.44. The molecule has 0 bridgehead atoms. The highest BCUT2D eigenvalue weighted by Crippen LogP contribution is 2.25. The first kappa shape index (κ1) is 22.3. The number of ether oxygens (including phenoxy) is 4. The summed E-state index contributed by atoms with van der Waals surface area (Å²) in [7, 11) is 2.95. The van der Waals surface area contributed by atoms with Gasteiger partial charge in [0.2, 0.25) is 5.78 Å². The molecule has 27 heavy (non-hydrogen) atoms. The molecule has 0 saturated carbocycles. The van der Waals surface area contributed by atoms with Crippen LogP contribution in [0.25, 0.3) is 0 Å². The monoisotopic (exact) mass is 381 g/mol. The maximum absolute atomic E-state index is 12.2. The van der Waals surface area contributed by atoms with Crippen LogP contribution in [0.3, 0.4) is 0 Å². The fourth-order valence-electron chi connectivity index (χ4n) is 2.06. The molecule has 0 fully saturated rings. The Hall–Kier alpha value is -2.77. The van der Waals surface area contributed by atoms with Crippen molar-refractivity contribution in [1.29, 1.82) is 0 Å². The lowest BCUT2D eigenvalue weighted by molar-refractivity contribution is -0.142. The third-order valence-electron chi connectivity index (χ3n) is 3.30. The highest BCUT2D eigenvalue weighted by atomic mass is 16.6. The van der Waals surface area contributed by atoms with Crippen LogP contribution in [0.15, 0.2) is 18.2 Å². The molecule has 0 aliphatic rings. The van der Waals surface area contributed by atoms with Crippen LogP contribution in [-0.4, -0.2) is 50.8 Å². The van der Waals surface area contributed by atoms with Crippen molar-refractivity contribution in [3.63, 3.8) is 0 Å². The van der Waals surface area contributed by atoms with Gasteiger partial charge < -0.3 is 24.3 Å². The molecule has 8 heteroatoms. The van der Waals surface area contributed by atoms with E-state index in [0.29, 0.717) is 23.5 Å². The Morgan fingerprint density at radius 2 is 1.78 bits per heavy atom. The average molecular weight is 381 g/mol. The second-order valence-electron chi connectivity index (χ2n) is 6.68. The molecule has 0 atom stereocenters. The van der Waals surface area contributed by atoms with E-state index in [4.69, 9.17) is 18.9 Å². The molecule has 0 spiro atoms. The molecular weight excluding hydrogens is 354 g/mol. The highest BCUT2D eigenvalue weighted by molar-refractivity contribution is 6.00. The van der Waals surface area contributed by atoms with Gasteiger partial charge >= 0.3 is 12.1 Å². The smallest absolute Gasteiger partial charge is 0.407 e. The van der Waals surface area contributed by atoms with Crippen molar-refractivity contribution < 1.29 is 33.3 Å². The lowest BCUT2D eigenvalue weighted by Gasteiger charge is -2.19. The van der Waals surface area contributed by atoms with Gasteiger partial charge in [0.05, 0.1) is 19.8 Å². The third-order valence-corrected chi connectivity index (χ3v) is 3.30. The first-order valence-electron chi connectivity index (χ1n) is 8.54. The van der Waals surface area contributed by atoms with Gasteiger partial charge in [-0.3, -0.25) is 9.59 Å². The minimum atomic E-state index is -0.577. The van der Waals surface area contributed by atoms with E-state index in [1.54, 1.807) is 39.0 Å². The number of hydrogen-bond donors (Lipinski definition) is 1. The molecule has 0 aromatic heterocycles. The molecule has 0 aliphatic carbocycles. The lowest BCUT2D eigenvalue weighted by atomic mass is 10.1. The maximum atomic E-state index is 12.2. The van der Waals surface area contributed by atoms with Crippen LogP contribution < -0.4 is 14.8 Å². The van der Waals surface area contributed by atoms with Gasteiger partial charge in [-0.05, 0) is 39.3 Å². The van der Waals surface area contributed by atoms with E-state index in [-0.39, 0.29) is 25.4 Å². The Bertz CT molecular complexity index is 665. The average Bonchev–Trinajstić information content (AvgIpc) is 2.61. The number of ketones is 1. The van der Waals surface area contributed by atoms with Crippen LogP contribution in [0.1, 0.15) is 44.0 Å². The molecule has 0 aliphatic heterocycles. The van der Waals surface area contributed by atoms with Crippen molar-refractivity contribution in [3.05, 3.63) is 23.8 Å². The van der Waals surface area contributed by atoms with Crippen molar-refractivity contribution in [3.8, 4) is 11.5 Å². The van der Waals surface area contributed by atoms with E-state index in [1.807, 2.05) is 0 Å². The lowest BCUT2D eigenvalue weighted by Crippen LogP contribution is -2.33. The Morgan fingerprint density at radius 3 is 2.37 bits per heavy atom. The predicted octanol–water partition coefficient (Wildman–Crippen LogP) is 2.73. The molecule has 150 valence electrons. The fourth-order valence-corrected chi connectivity index (χ4v) is 2.06. The Balaban J connectivity index is 2.36. The summed E-state index contributed by atoms with van der Waals surface area (Å²) in [6, 6.07) is 4.76. The standard InChI is InChI=1S/C19H27NO7/c1-19(2,3)27-18(23)20-10-6-7-17(22)26-12-15(21)14-9-8-13(24-4)11-16(14)25-5/h8-9,11H,6-7,10,12H2,1-5H3,(H,20,23). The van der Waals surface area contributed by atoms with Crippen LogP contribution in [0.2, 0.25) is 0 Å².